The Morgan fingerprint density at radius 1 is 0.469 bits per heavy atom. The van der Waals surface area contributed by atoms with Crippen molar-refractivity contribution in [2.45, 2.75) is 0 Å². The molecule has 4 aromatic carbocycles. The predicted octanol–water partition coefficient (Wildman–Crippen LogP) is 6.71. The smallest absolute Gasteiger partial charge is 0.197 e. The van der Waals surface area contributed by atoms with E-state index in [1.54, 1.807) is 0 Å². The first-order chi connectivity index (χ1) is 15.8. The fourth-order valence-corrected chi connectivity index (χ4v) is 3.74. The van der Waals surface area contributed by atoms with Gasteiger partial charge in [-0.25, -0.2) is 9.97 Å². The minimum Gasteiger partial charge on any atom is -0.288 e. The molecule has 1 heterocycles. The SMILES string of the molecule is O=C(c1ccccc1)c1c(-c2ccccc2)nc(-c2ccccc2)nc1-c1ccccc1. The van der Waals surface area contributed by atoms with Crippen LogP contribution >= 0.6 is 0 Å². The van der Waals surface area contributed by atoms with Crippen LogP contribution in [0.1, 0.15) is 15.9 Å². The van der Waals surface area contributed by atoms with Gasteiger partial charge >= 0.3 is 0 Å². The van der Waals surface area contributed by atoms with Crippen LogP contribution < -0.4 is 0 Å². The Balaban J connectivity index is 1.85. The number of hydrogen-bond acceptors (Lipinski definition) is 3. The van der Waals surface area contributed by atoms with Gasteiger partial charge in [0.1, 0.15) is 0 Å². The van der Waals surface area contributed by atoms with Crippen molar-refractivity contribution in [2.75, 3.05) is 0 Å². The molecule has 32 heavy (non-hydrogen) atoms. The summed E-state index contributed by atoms with van der Waals surface area (Å²) >= 11 is 0. The lowest BCUT2D eigenvalue weighted by Gasteiger charge is -2.16. The lowest BCUT2D eigenvalue weighted by molar-refractivity contribution is 0.103. The van der Waals surface area contributed by atoms with Crippen LogP contribution in [0.4, 0.5) is 0 Å². The van der Waals surface area contributed by atoms with Gasteiger partial charge in [0.15, 0.2) is 11.6 Å². The molecule has 0 unspecified atom stereocenters. The van der Waals surface area contributed by atoms with Crippen molar-refractivity contribution in [3.63, 3.8) is 0 Å². The molecule has 5 rings (SSSR count). The second-order valence-electron chi connectivity index (χ2n) is 7.41. The quantitative estimate of drug-likeness (QED) is 0.301. The Morgan fingerprint density at radius 3 is 1.28 bits per heavy atom. The Kier molecular flexibility index (Phi) is 5.38. The molecule has 0 bridgehead atoms. The van der Waals surface area contributed by atoms with Crippen LogP contribution in [-0.2, 0) is 0 Å². The second-order valence-corrected chi connectivity index (χ2v) is 7.41. The van der Waals surface area contributed by atoms with Crippen LogP contribution in [0.25, 0.3) is 33.9 Å². The Morgan fingerprint density at radius 2 is 0.844 bits per heavy atom. The first kappa shape index (κ1) is 19.6. The van der Waals surface area contributed by atoms with Gasteiger partial charge in [-0.15, -0.1) is 0 Å². The molecule has 0 aliphatic heterocycles. The molecule has 1 aromatic heterocycles. The maximum atomic E-state index is 13.8. The Bertz CT molecular complexity index is 1290. The molecule has 0 aliphatic carbocycles. The molecule has 0 saturated heterocycles. The molecule has 0 amide bonds. The fraction of sp³-hybridized carbons (Fsp3) is 0. The van der Waals surface area contributed by atoms with Gasteiger partial charge in [-0.2, -0.15) is 0 Å². The predicted molar refractivity (Wildman–Crippen MR) is 128 cm³/mol. The van der Waals surface area contributed by atoms with E-state index in [1.165, 1.54) is 0 Å². The van der Waals surface area contributed by atoms with Gasteiger partial charge in [-0.05, 0) is 0 Å². The van der Waals surface area contributed by atoms with Crippen molar-refractivity contribution in [2.24, 2.45) is 0 Å². The van der Waals surface area contributed by atoms with Crippen molar-refractivity contribution in [1.29, 1.82) is 0 Å². The van der Waals surface area contributed by atoms with E-state index in [4.69, 9.17) is 9.97 Å². The van der Waals surface area contributed by atoms with E-state index in [9.17, 15) is 4.79 Å². The average Bonchev–Trinajstić information content (AvgIpc) is 2.89. The summed E-state index contributed by atoms with van der Waals surface area (Å²) in [5.74, 6) is 0.496. The van der Waals surface area contributed by atoms with E-state index in [0.717, 1.165) is 16.7 Å². The molecular weight excluding hydrogens is 392 g/mol. The summed E-state index contributed by atoms with van der Waals surface area (Å²) < 4.78 is 0. The third-order valence-corrected chi connectivity index (χ3v) is 5.30. The van der Waals surface area contributed by atoms with Gasteiger partial charge < -0.3 is 0 Å². The van der Waals surface area contributed by atoms with E-state index < -0.39 is 0 Å². The van der Waals surface area contributed by atoms with E-state index in [-0.39, 0.29) is 5.78 Å². The minimum absolute atomic E-state index is 0.0945. The lowest BCUT2D eigenvalue weighted by atomic mass is 9.93. The maximum Gasteiger partial charge on any atom is 0.197 e. The topological polar surface area (TPSA) is 42.9 Å². The Labute approximate surface area is 187 Å². The minimum atomic E-state index is -0.0945. The number of rotatable bonds is 5. The second kappa shape index (κ2) is 8.78. The molecule has 152 valence electrons. The van der Waals surface area contributed by atoms with Crippen molar-refractivity contribution in [1.82, 2.24) is 9.97 Å². The molecule has 0 radical (unpaired) electrons. The number of carbonyl (C=O) groups is 1. The summed E-state index contributed by atoms with van der Waals surface area (Å²) in [4.78, 5) is 23.6. The van der Waals surface area contributed by atoms with Crippen LogP contribution in [0, 0.1) is 0 Å². The zero-order valence-corrected chi connectivity index (χ0v) is 17.3. The largest absolute Gasteiger partial charge is 0.288 e. The molecular formula is C29H20N2O. The molecule has 3 heteroatoms. The normalized spacial score (nSPS) is 10.6. The summed E-state index contributed by atoms with van der Waals surface area (Å²) in [6, 6.07) is 38.8. The van der Waals surface area contributed by atoms with Crippen molar-refractivity contribution >= 4 is 5.78 Å². The molecule has 0 atom stereocenters. The molecule has 0 fully saturated rings. The van der Waals surface area contributed by atoms with Crippen LogP contribution in [-0.4, -0.2) is 15.8 Å². The molecule has 0 aliphatic rings. The number of benzene rings is 4. The van der Waals surface area contributed by atoms with E-state index in [0.29, 0.717) is 28.3 Å². The molecule has 5 aromatic rings. The highest BCUT2D eigenvalue weighted by Gasteiger charge is 2.24. The monoisotopic (exact) mass is 412 g/mol. The van der Waals surface area contributed by atoms with Gasteiger partial charge in [0.2, 0.25) is 0 Å². The van der Waals surface area contributed by atoms with E-state index in [1.807, 2.05) is 121 Å². The number of nitrogens with zero attached hydrogens (tertiary/aromatic N) is 2. The molecule has 0 N–H and O–H groups in total. The summed E-state index contributed by atoms with van der Waals surface area (Å²) in [6.07, 6.45) is 0. The third kappa shape index (κ3) is 3.84. The lowest BCUT2D eigenvalue weighted by Crippen LogP contribution is -2.10. The van der Waals surface area contributed by atoms with Crippen molar-refractivity contribution in [3.8, 4) is 33.9 Å². The molecule has 3 nitrogen and oxygen atoms in total. The standard InChI is InChI=1S/C29H20N2O/c32-28(23-17-9-3-10-18-23)25-26(21-13-5-1-6-14-21)30-29(24-19-11-4-12-20-24)31-27(25)22-15-7-2-8-16-22/h1-20H. The van der Waals surface area contributed by atoms with E-state index in [2.05, 4.69) is 0 Å². The van der Waals surface area contributed by atoms with E-state index >= 15 is 0 Å². The number of carbonyl (C=O) groups excluding carboxylic acids is 1. The fourth-order valence-electron chi connectivity index (χ4n) is 3.74. The zero-order valence-electron chi connectivity index (χ0n) is 17.3. The summed E-state index contributed by atoms with van der Waals surface area (Å²) in [7, 11) is 0. The van der Waals surface area contributed by atoms with Crippen molar-refractivity contribution in [3.05, 3.63) is 132 Å². The van der Waals surface area contributed by atoms with Gasteiger partial charge in [0, 0.05) is 22.3 Å². The van der Waals surface area contributed by atoms with Gasteiger partial charge in [0.25, 0.3) is 0 Å². The summed E-state index contributed by atoms with van der Waals surface area (Å²) in [5, 5.41) is 0. The Hall–Kier alpha value is -4.37. The zero-order chi connectivity index (χ0) is 21.8. The van der Waals surface area contributed by atoms with Gasteiger partial charge in [0.05, 0.1) is 17.0 Å². The van der Waals surface area contributed by atoms with Crippen LogP contribution in [0.2, 0.25) is 0 Å². The number of hydrogen-bond donors (Lipinski definition) is 0. The molecule has 0 saturated carbocycles. The first-order valence-corrected chi connectivity index (χ1v) is 10.5. The van der Waals surface area contributed by atoms with Crippen molar-refractivity contribution < 1.29 is 4.79 Å². The molecule has 0 spiro atoms. The maximum absolute atomic E-state index is 13.8. The van der Waals surface area contributed by atoms with Gasteiger partial charge in [-0.3, -0.25) is 4.79 Å². The highest BCUT2D eigenvalue weighted by Crippen LogP contribution is 2.34. The van der Waals surface area contributed by atoms with Crippen LogP contribution in [0.3, 0.4) is 0 Å². The average molecular weight is 412 g/mol. The first-order valence-electron chi connectivity index (χ1n) is 10.5. The third-order valence-electron chi connectivity index (χ3n) is 5.30. The van der Waals surface area contributed by atoms with Crippen LogP contribution in [0.5, 0.6) is 0 Å². The summed E-state index contributed by atoms with van der Waals surface area (Å²) in [5.41, 5.74) is 5.04. The van der Waals surface area contributed by atoms with Crippen LogP contribution in [0.15, 0.2) is 121 Å². The summed E-state index contributed by atoms with van der Waals surface area (Å²) in [6.45, 7) is 0. The highest BCUT2D eigenvalue weighted by molar-refractivity contribution is 6.15. The van der Waals surface area contributed by atoms with Gasteiger partial charge in [-0.1, -0.05) is 121 Å². The number of aromatic nitrogens is 2. The number of ketones is 1. The highest BCUT2D eigenvalue weighted by atomic mass is 16.1.